The molecule has 0 radical (unpaired) electrons. The Morgan fingerprint density at radius 3 is 2.47 bits per heavy atom. The highest BCUT2D eigenvalue weighted by molar-refractivity contribution is 7.09. The number of benzene rings is 1. The smallest absolute Gasteiger partial charge is 0.253 e. The van der Waals surface area contributed by atoms with Gasteiger partial charge in [-0.3, -0.25) is 14.4 Å². The van der Waals surface area contributed by atoms with Crippen LogP contribution in [0.3, 0.4) is 0 Å². The number of hydrogen-bond acceptors (Lipinski definition) is 6. The summed E-state index contributed by atoms with van der Waals surface area (Å²) in [5.41, 5.74) is 1.67. The Bertz CT molecular complexity index is 1070. The maximum absolute atomic E-state index is 12.3. The number of rotatable bonds is 7. The highest BCUT2D eigenvalue weighted by Gasteiger charge is 2.28. The van der Waals surface area contributed by atoms with Crippen LogP contribution in [-0.2, 0) is 13.1 Å². The fraction of sp³-hybridized carbons (Fsp3) is 0.348. The first kappa shape index (κ1) is 20.3. The molecule has 0 bridgehead atoms. The largest absolute Gasteiger partial charge is 0.376 e. The molecule has 156 valence electrons. The third-order valence-electron chi connectivity index (χ3n) is 5.67. The third kappa shape index (κ3) is 4.31. The number of anilines is 2. The number of piperidine rings is 1. The van der Waals surface area contributed by atoms with Gasteiger partial charge in [-0.15, -0.1) is 11.3 Å². The van der Waals surface area contributed by atoms with E-state index in [1.54, 1.807) is 23.5 Å². The van der Waals surface area contributed by atoms with Gasteiger partial charge in [-0.25, -0.2) is 0 Å². The number of nitrogens with zero attached hydrogens (tertiary/aromatic N) is 1. The Morgan fingerprint density at radius 1 is 1.07 bits per heavy atom. The molecule has 1 fully saturated rings. The van der Waals surface area contributed by atoms with Crippen LogP contribution in [0.2, 0.25) is 0 Å². The first-order valence-electron chi connectivity index (χ1n) is 10.2. The summed E-state index contributed by atoms with van der Waals surface area (Å²) in [6.07, 6.45) is 2.07. The molecule has 1 aromatic heterocycles. The van der Waals surface area contributed by atoms with Gasteiger partial charge in [0.05, 0.1) is 6.54 Å². The quantitative estimate of drug-likeness (QED) is 0.571. The van der Waals surface area contributed by atoms with Gasteiger partial charge in [0.1, 0.15) is 11.4 Å². The van der Waals surface area contributed by atoms with Gasteiger partial charge in [-0.05, 0) is 47.9 Å². The Labute approximate surface area is 179 Å². The highest BCUT2D eigenvalue weighted by Crippen LogP contribution is 2.26. The lowest BCUT2D eigenvalue weighted by atomic mass is 9.98. The summed E-state index contributed by atoms with van der Waals surface area (Å²) in [5.74, 6) is 0.539. The van der Waals surface area contributed by atoms with E-state index < -0.39 is 5.43 Å². The molecule has 7 heteroatoms. The fourth-order valence-corrected chi connectivity index (χ4v) is 4.37. The Balaban J connectivity index is 1.34. The van der Waals surface area contributed by atoms with Crippen LogP contribution in [0.1, 0.15) is 40.6 Å². The molecule has 0 saturated carbocycles. The second kappa shape index (κ2) is 8.83. The van der Waals surface area contributed by atoms with Gasteiger partial charge < -0.3 is 15.5 Å². The lowest BCUT2D eigenvalue weighted by Gasteiger charge is -2.33. The molecule has 30 heavy (non-hydrogen) atoms. The van der Waals surface area contributed by atoms with Gasteiger partial charge in [0.25, 0.3) is 16.8 Å². The molecule has 2 heterocycles. The molecule has 2 aromatic carbocycles. The summed E-state index contributed by atoms with van der Waals surface area (Å²) < 4.78 is 0. The van der Waals surface area contributed by atoms with E-state index in [1.165, 1.54) is 0 Å². The first-order valence-corrected chi connectivity index (χ1v) is 11.1. The fourth-order valence-electron chi connectivity index (χ4n) is 3.72. The number of thiophene rings is 1. The molecule has 0 spiro atoms. The summed E-state index contributed by atoms with van der Waals surface area (Å²) in [7, 11) is 0. The second-order valence-corrected chi connectivity index (χ2v) is 8.90. The highest BCUT2D eigenvalue weighted by atomic mass is 32.1. The van der Waals surface area contributed by atoms with Gasteiger partial charge in [-0.2, -0.15) is 0 Å². The van der Waals surface area contributed by atoms with Crippen molar-refractivity contribution in [3.05, 3.63) is 78.2 Å². The minimum atomic E-state index is -0.437. The SMILES string of the molecule is CC1CCN(c2c(NCc3ccc(C(=O)NCc4cccs4)cc3)c(=O)c2=O)CC1. The molecule has 0 unspecified atom stereocenters. The average molecular weight is 424 g/mol. The topological polar surface area (TPSA) is 78.5 Å². The molecular weight excluding hydrogens is 398 g/mol. The van der Waals surface area contributed by atoms with E-state index in [9.17, 15) is 14.4 Å². The van der Waals surface area contributed by atoms with Gasteiger partial charge in [0.15, 0.2) is 0 Å². The van der Waals surface area contributed by atoms with Gasteiger partial charge in [0, 0.05) is 30.1 Å². The minimum absolute atomic E-state index is 0.119. The monoisotopic (exact) mass is 423 g/mol. The van der Waals surface area contributed by atoms with Crippen molar-refractivity contribution in [2.45, 2.75) is 32.9 Å². The summed E-state index contributed by atoms with van der Waals surface area (Å²) in [4.78, 5) is 39.6. The standard InChI is InChI=1S/C23H25N3O3S/c1-15-8-10-26(11-9-15)20-19(21(27)22(20)28)24-13-16-4-6-17(7-5-16)23(29)25-14-18-3-2-12-30-18/h2-7,12,15,24H,8-11,13-14H2,1H3,(H,25,29). The van der Waals surface area contributed by atoms with E-state index in [0.717, 1.165) is 36.4 Å². The number of nitrogens with one attached hydrogen (secondary N) is 2. The van der Waals surface area contributed by atoms with Crippen LogP contribution in [0, 0.1) is 5.92 Å². The van der Waals surface area contributed by atoms with Crippen molar-refractivity contribution in [1.29, 1.82) is 0 Å². The van der Waals surface area contributed by atoms with Crippen molar-refractivity contribution in [3.63, 3.8) is 0 Å². The van der Waals surface area contributed by atoms with Crippen LogP contribution in [0.4, 0.5) is 11.4 Å². The molecule has 1 aliphatic heterocycles. The molecule has 1 aliphatic rings. The second-order valence-electron chi connectivity index (χ2n) is 7.86. The average Bonchev–Trinajstić information content (AvgIpc) is 3.29. The van der Waals surface area contributed by atoms with Crippen molar-refractivity contribution in [3.8, 4) is 0 Å². The minimum Gasteiger partial charge on any atom is -0.376 e. The first-order chi connectivity index (χ1) is 14.5. The summed E-state index contributed by atoms with van der Waals surface area (Å²) >= 11 is 1.61. The summed E-state index contributed by atoms with van der Waals surface area (Å²) in [6.45, 7) is 4.79. The number of carbonyl (C=O) groups excluding carboxylic acids is 1. The molecule has 4 rings (SSSR count). The van der Waals surface area contributed by atoms with E-state index in [1.807, 2.05) is 34.5 Å². The van der Waals surface area contributed by atoms with Crippen LogP contribution in [0.5, 0.6) is 0 Å². The van der Waals surface area contributed by atoms with Crippen LogP contribution in [0.15, 0.2) is 51.4 Å². The van der Waals surface area contributed by atoms with Crippen molar-refractivity contribution in [2.75, 3.05) is 23.3 Å². The normalized spacial score (nSPS) is 14.8. The molecule has 1 saturated heterocycles. The Hall–Kier alpha value is -2.93. The van der Waals surface area contributed by atoms with Crippen molar-refractivity contribution in [2.24, 2.45) is 5.92 Å². The molecule has 6 nitrogen and oxygen atoms in total. The van der Waals surface area contributed by atoms with Crippen LogP contribution in [0.25, 0.3) is 0 Å². The maximum Gasteiger partial charge on any atom is 0.253 e. The zero-order valence-electron chi connectivity index (χ0n) is 16.9. The lowest BCUT2D eigenvalue weighted by molar-refractivity contribution is 0.0951. The predicted octanol–water partition coefficient (Wildman–Crippen LogP) is 3.12. The maximum atomic E-state index is 12.3. The molecule has 1 amide bonds. The lowest BCUT2D eigenvalue weighted by Crippen LogP contribution is -2.45. The molecule has 3 aromatic rings. The molecule has 0 aliphatic carbocycles. The van der Waals surface area contributed by atoms with Crippen LogP contribution in [-0.4, -0.2) is 19.0 Å². The Morgan fingerprint density at radius 2 is 1.80 bits per heavy atom. The molecular formula is C23H25N3O3S. The molecule has 0 atom stereocenters. The molecule has 2 N–H and O–H groups in total. The number of amides is 1. The van der Waals surface area contributed by atoms with Crippen LogP contribution >= 0.6 is 11.3 Å². The van der Waals surface area contributed by atoms with Crippen molar-refractivity contribution >= 4 is 28.6 Å². The number of hydrogen-bond donors (Lipinski definition) is 2. The van der Waals surface area contributed by atoms with Crippen molar-refractivity contribution < 1.29 is 4.79 Å². The van der Waals surface area contributed by atoms with E-state index in [0.29, 0.717) is 35.9 Å². The summed E-state index contributed by atoms with van der Waals surface area (Å²) in [5, 5.41) is 8.02. The van der Waals surface area contributed by atoms with Crippen molar-refractivity contribution in [1.82, 2.24) is 5.32 Å². The zero-order chi connectivity index (χ0) is 21.1. The Kier molecular flexibility index (Phi) is 5.99. The zero-order valence-corrected chi connectivity index (χ0v) is 17.8. The number of carbonyl (C=O) groups is 1. The van der Waals surface area contributed by atoms with Gasteiger partial charge in [0.2, 0.25) is 0 Å². The van der Waals surface area contributed by atoms with Gasteiger partial charge >= 0.3 is 0 Å². The van der Waals surface area contributed by atoms with E-state index in [4.69, 9.17) is 0 Å². The summed E-state index contributed by atoms with van der Waals surface area (Å²) in [6, 6.07) is 11.2. The van der Waals surface area contributed by atoms with Gasteiger partial charge in [-0.1, -0.05) is 25.1 Å². The van der Waals surface area contributed by atoms with E-state index in [-0.39, 0.29) is 11.3 Å². The van der Waals surface area contributed by atoms with E-state index in [2.05, 4.69) is 17.6 Å². The third-order valence-corrected chi connectivity index (χ3v) is 6.55. The van der Waals surface area contributed by atoms with E-state index >= 15 is 0 Å². The van der Waals surface area contributed by atoms with Crippen LogP contribution < -0.4 is 26.4 Å². The predicted molar refractivity (Wildman–Crippen MR) is 121 cm³/mol.